The minimum absolute atomic E-state index is 0.109. The lowest BCUT2D eigenvalue weighted by atomic mass is 10.1. The highest BCUT2D eigenvalue weighted by Crippen LogP contribution is 2.42. The average molecular weight is 655 g/mol. The van der Waals surface area contributed by atoms with E-state index in [1.165, 1.54) is 0 Å². The van der Waals surface area contributed by atoms with Gasteiger partial charge in [-0.1, -0.05) is 6.08 Å². The molecular formula is C33H42N4O8S. The number of esters is 2. The standard InChI is InChI=1S/C33H42N4O8S/c1-6-34-26-16-14-24(32(38)44-8-3)22-28(26)36(18-11-21-46(40,41)42)30(34)12-10-13-31-35(7-2)27-17-15-25(33(39)45-9-4)23-29(27)37(31)19-20-43-5/h10,12-17,22-23H,6-9,11,18-21H2,1-5H3. The Morgan fingerprint density at radius 3 is 2.20 bits per heavy atom. The van der Waals surface area contributed by atoms with Crippen LogP contribution in [0, 0.1) is 0 Å². The summed E-state index contributed by atoms with van der Waals surface area (Å²) in [5.41, 5.74) is 4.24. The first kappa shape index (κ1) is 34.7. The molecule has 0 radical (unpaired) electrons. The smallest absolute Gasteiger partial charge is 0.338 e. The Hall–Kier alpha value is -4.20. The Bertz CT molecular complexity index is 1750. The number of hydrogen-bond donors (Lipinski definition) is 0. The second kappa shape index (κ2) is 15.4. The van der Waals surface area contributed by atoms with E-state index in [2.05, 4.69) is 21.3 Å². The van der Waals surface area contributed by atoms with E-state index >= 15 is 0 Å². The van der Waals surface area contributed by atoms with Crippen LogP contribution in [0.3, 0.4) is 0 Å². The summed E-state index contributed by atoms with van der Waals surface area (Å²) >= 11 is 0. The summed E-state index contributed by atoms with van der Waals surface area (Å²) in [5, 5.41) is 0. The van der Waals surface area contributed by atoms with Crippen LogP contribution < -0.4 is 14.4 Å². The third kappa shape index (κ3) is 7.60. The molecule has 2 aromatic carbocycles. The molecular weight excluding hydrogens is 612 g/mol. The Labute approximate surface area is 270 Å². The van der Waals surface area contributed by atoms with Gasteiger partial charge in [-0.05, 0) is 70.5 Å². The molecule has 0 saturated heterocycles. The average Bonchev–Trinajstić information content (AvgIpc) is 3.49. The lowest BCUT2D eigenvalue weighted by molar-refractivity contribution is -0.670. The van der Waals surface area contributed by atoms with Crippen LogP contribution in [0.5, 0.6) is 0 Å². The Kier molecular flexibility index (Phi) is 11.6. The number of anilines is 2. The molecule has 0 spiro atoms. The number of nitrogens with zero attached hydrogens (tertiary/aromatic N) is 4. The van der Waals surface area contributed by atoms with E-state index < -0.39 is 21.8 Å². The van der Waals surface area contributed by atoms with E-state index in [1.807, 2.05) is 47.9 Å². The maximum Gasteiger partial charge on any atom is 0.338 e. The summed E-state index contributed by atoms with van der Waals surface area (Å²) in [6.07, 6.45) is 5.94. The number of carbonyl (C=O) groups excluding carboxylic acids is 2. The number of aryl methyl sites for hydroxylation is 2. The van der Waals surface area contributed by atoms with E-state index in [4.69, 9.17) is 14.2 Å². The predicted molar refractivity (Wildman–Crippen MR) is 175 cm³/mol. The Morgan fingerprint density at radius 1 is 0.913 bits per heavy atom. The van der Waals surface area contributed by atoms with Gasteiger partial charge in [-0.2, -0.15) is 0 Å². The molecule has 2 heterocycles. The number of carbonyl (C=O) groups is 2. The van der Waals surface area contributed by atoms with Gasteiger partial charge < -0.3 is 28.6 Å². The minimum Gasteiger partial charge on any atom is -0.748 e. The molecule has 0 saturated carbocycles. The van der Waals surface area contributed by atoms with Gasteiger partial charge in [0.25, 0.3) is 5.82 Å². The lowest BCUT2D eigenvalue weighted by Gasteiger charge is -2.24. The minimum atomic E-state index is -4.40. The molecule has 1 aliphatic rings. The van der Waals surface area contributed by atoms with Crippen molar-refractivity contribution >= 4 is 50.5 Å². The molecule has 3 aromatic rings. The molecule has 12 nitrogen and oxygen atoms in total. The van der Waals surface area contributed by atoms with Crippen LogP contribution >= 0.6 is 0 Å². The summed E-state index contributed by atoms with van der Waals surface area (Å²) in [7, 11) is -2.76. The number of fused-ring (bicyclic) bond motifs is 2. The SMILES string of the molecule is CCOC(=O)c1ccc2c(c1)N(CCOC)C(=CC=Cc1n(CCCS(=O)(=O)[O-])c3cc(C(=O)OCC)ccc3[n+]1CC)N2CC. The van der Waals surface area contributed by atoms with Crippen molar-refractivity contribution in [2.24, 2.45) is 0 Å². The molecule has 0 aliphatic carbocycles. The van der Waals surface area contributed by atoms with Crippen molar-refractivity contribution in [3.8, 4) is 0 Å². The second-order valence-corrected chi connectivity index (χ2v) is 12.0. The van der Waals surface area contributed by atoms with Gasteiger partial charge in [0.05, 0.1) is 65.5 Å². The molecule has 0 atom stereocenters. The first-order chi connectivity index (χ1) is 22.1. The van der Waals surface area contributed by atoms with Crippen LogP contribution in [0.15, 0.2) is 54.4 Å². The molecule has 4 rings (SSSR count). The molecule has 1 aromatic heterocycles. The van der Waals surface area contributed by atoms with Crippen molar-refractivity contribution in [2.45, 2.75) is 47.2 Å². The van der Waals surface area contributed by atoms with Gasteiger partial charge in [-0.15, -0.1) is 0 Å². The first-order valence-corrected chi connectivity index (χ1v) is 17.1. The normalized spacial score (nSPS) is 14.1. The van der Waals surface area contributed by atoms with Crippen LogP contribution in [-0.4, -0.2) is 75.2 Å². The molecule has 248 valence electrons. The fourth-order valence-corrected chi connectivity index (χ4v) is 6.18. The molecule has 46 heavy (non-hydrogen) atoms. The van der Waals surface area contributed by atoms with Gasteiger partial charge >= 0.3 is 11.9 Å². The predicted octanol–water partition coefficient (Wildman–Crippen LogP) is 4.08. The number of benzene rings is 2. The van der Waals surface area contributed by atoms with Crippen molar-refractivity contribution in [2.75, 3.05) is 55.6 Å². The van der Waals surface area contributed by atoms with Crippen LogP contribution in [0.1, 0.15) is 60.7 Å². The molecule has 0 N–H and O–H groups in total. The van der Waals surface area contributed by atoms with Crippen LogP contribution in [0.4, 0.5) is 11.4 Å². The Morgan fingerprint density at radius 2 is 1.59 bits per heavy atom. The lowest BCUT2D eigenvalue weighted by Crippen LogP contribution is -2.35. The molecule has 0 unspecified atom stereocenters. The number of rotatable bonds is 15. The largest absolute Gasteiger partial charge is 0.748 e. The quantitative estimate of drug-likeness (QED) is 0.134. The van der Waals surface area contributed by atoms with Gasteiger partial charge in [0.2, 0.25) is 0 Å². The topological polar surface area (TPSA) is 134 Å². The summed E-state index contributed by atoms with van der Waals surface area (Å²) in [4.78, 5) is 29.3. The zero-order valence-electron chi connectivity index (χ0n) is 27.0. The maximum atomic E-state index is 12.6. The van der Waals surface area contributed by atoms with Crippen molar-refractivity contribution < 1.29 is 41.3 Å². The highest BCUT2D eigenvalue weighted by Gasteiger charge is 2.31. The van der Waals surface area contributed by atoms with Crippen molar-refractivity contribution in [1.82, 2.24) is 4.57 Å². The maximum absolute atomic E-state index is 12.6. The van der Waals surface area contributed by atoms with Gasteiger partial charge in [0.1, 0.15) is 5.82 Å². The van der Waals surface area contributed by atoms with Gasteiger partial charge in [-0.25, -0.2) is 27.1 Å². The number of imidazole rings is 1. The van der Waals surface area contributed by atoms with Gasteiger partial charge in [-0.3, -0.25) is 0 Å². The Balaban J connectivity index is 1.80. The number of hydrogen-bond acceptors (Lipinski definition) is 10. The summed E-state index contributed by atoms with van der Waals surface area (Å²) in [6, 6.07) is 10.8. The second-order valence-electron chi connectivity index (χ2n) is 10.5. The van der Waals surface area contributed by atoms with Crippen LogP contribution in [0.25, 0.3) is 17.1 Å². The van der Waals surface area contributed by atoms with Crippen molar-refractivity contribution in [1.29, 1.82) is 0 Å². The molecule has 13 heteroatoms. The van der Waals surface area contributed by atoms with Crippen molar-refractivity contribution in [3.05, 3.63) is 71.3 Å². The van der Waals surface area contributed by atoms with Crippen molar-refractivity contribution in [3.63, 3.8) is 0 Å². The van der Waals surface area contributed by atoms with E-state index in [-0.39, 0.29) is 32.1 Å². The molecule has 1 aliphatic heterocycles. The van der Waals surface area contributed by atoms with Gasteiger partial charge in [0, 0.05) is 38.1 Å². The van der Waals surface area contributed by atoms with E-state index in [9.17, 15) is 22.6 Å². The first-order valence-electron chi connectivity index (χ1n) is 15.5. The number of aromatic nitrogens is 2. The third-order valence-corrected chi connectivity index (χ3v) is 8.45. The van der Waals surface area contributed by atoms with Gasteiger partial charge in [0.15, 0.2) is 11.0 Å². The molecule has 0 bridgehead atoms. The monoisotopic (exact) mass is 654 g/mol. The molecule has 0 fully saturated rings. The summed E-state index contributed by atoms with van der Waals surface area (Å²) in [6.45, 7) is 10.6. The highest BCUT2D eigenvalue weighted by atomic mass is 32.2. The van der Waals surface area contributed by atoms with E-state index in [0.717, 1.165) is 34.1 Å². The number of allylic oxidation sites excluding steroid dienone is 2. The zero-order chi connectivity index (χ0) is 33.4. The van der Waals surface area contributed by atoms with Crippen LogP contribution in [-0.2, 0) is 37.4 Å². The van der Waals surface area contributed by atoms with Crippen LogP contribution in [0.2, 0.25) is 0 Å². The molecule has 0 amide bonds. The van der Waals surface area contributed by atoms with E-state index in [0.29, 0.717) is 37.4 Å². The number of methoxy groups -OCH3 is 1. The van der Waals surface area contributed by atoms with E-state index in [1.54, 1.807) is 39.2 Å². The fourth-order valence-electron chi connectivity index (χ4n) is 5.70. The highest BCUT2D eigenvalue weighted by molar-refractivity contribution is 7.85. The number of ether oxygens (including phenoxy) is 3. The summed E-state index contributed by atoms with van der Waals surface area (Å²) < 4.78 is 54.1. The third-order valence-electron chi connectivity index (χ3n) is 7.66. The summed E-state index contributed by atoms with van der Waals surface area (Å²) in [5.74, 6) is 0.317. The zero-order valence-corrected chi connectivity index (χ0v) is 27.8. The fraction of sp³-hybridized carbons (Fsp3) is 0.424.